The average molecular weight is 291 g/mol. The quantitative estimate of drug-likeness (QED) is 0.725. The zero-order valence-electron chi connectivity index (χ0n) is 12.7. The number of fused-ring (bicyclic) bond motifs is 1. The highest BCUT2D eigenvalue weighted by Gasteiger charge is 2.23. The highest BCUT2D eigenvalue weighted by molar-refractivity contribution is 5.64. The molecule has 2 heterocycles. The number of aromatic nitrogens is 2. The molecule has 0 spiro atoms. The molecule has 0 aliphatic heterocycles. The van der Waals surface area contributed by atoms with Gasteiger partial charge in [0, 0.05) is 17.8 Å². The van der Waals surface area contributed by atoms with Crippen molar-refractivity contribution in [3.8, 4) is 0 Å². The average Bonchev–Trinajstić information content (AvgIpc) is 2.95. The molecule has 2 aromatic heterocycles. The maximum absolute atomic E-state index is 4.93. The summed E-state index contributed by atoms with van der Waals surface area (Å²) in [5.74, 6) is 1.72. The van der Waals surface area contributed by atoms with Gasteiger partial charge in [0.25, 0.3) is 0 Å². The van der Waals surface area contributed by atoms with Crippen molar-refractivity contribution in [2.45, 2.75) is 38.0 Å². The summed E-state index contributed by atoms with van der Waals surface area (Å²) in [6, 6.07) is 16.6. The molecule has 0 unspecified atom stereocenters. The SMILES string of the molecule is c1ccc(Nc2c(C3CCCCC3)nc3ccccn23)cc1. The fourth-order valence-corrected chi connectivity index (χ4v) is 3.46. The molecule has 1 aliphatic rings. The summed E-state index contributed by atoms with van der Waals surface area (Å²) in [6.45, 7) is 0. The molecule has 1 aliphatic carbocycles. The van der Waals surface area contributed by atoms with Crippen LogP contribution < -0.4 is 5.32 Å². The summed E-state index contributed by atoms with van der Waals surface area (Å²) in [4.78, 5) is 4.93. The van der Waals surface area contributed by atoms with E-state index >= 15 is 0 Å². The van der Waals surface area contributed by atoms with E-state index in [0.717, 1.165) is 17.2 Å². The van der Waals surface area contributed by atoms with E-state index < -0.39 is 0 Å². The first-order chi connectivity index (χ1) is 10.9. The highest BCUT2D eigenvalue weighted by atomic mass is 15.1. The maximum atomic E-state index is 4.93. The predicted octanol–water partition coefficient (Wildman–Crippen LogP) is 5.13. The van der Waals surface area contributed by atoms with Gasteiger partial charge in [0.1, 0.15) is 11.5 Å². The number of imidazole rings is 1. The Hall–Kier alpha value is -2.29. The van der Waals surface area contributed by atoms with E-state index in [1.165, 1.54) is 37.8 Å². The molecule has 0 saturated heterocycles. The summed E-state index contributed by atoms with van der Waals surface area (Å²) >= 11 is 0. The third-order valence-corrected chi connectivity index (χ3v) is 4.59. The summed E-state index contributed by atoms with van der Waals surface area (Å²) in [5, 5.41) is 3.59. The van der Waals surface area contributed by atoms with Gasteiger partial charge in [-0.2, -0.15) is 0 Å². The number of nitrogens with zero attached hydrogens (tertiary/aromatic N) is 2. The zero-order chi connectivity index (χ0) is 14.8. The van der Waals surface area contributed by atoms with Crippen LogP contribution in [0.4, 0.5) is 11.5 Å². The van der Waals surface area contributed by atoms with Crippen molar-refractivity contribution in [2.75, 3.05) is 5.32 Å². The molecule has 3 aromatic rings. The number of rotatable bonds is 3. The normalized spacial score (nSPS) is 16.0. The highest BCUT2D eigenvalue weighted by Crippen LogP contribution is 2.37. The molecule has 3 heteroatoms. The molecular weight excluding hydrogens is 270 g/mol. The Morgan fingerprint density at radius 3 is 2.50 bits per heavy atom. The Balaban J connectivity index is 1.79. The van der Waals surface area contributed by atoms with Crippen molar-refractivity contribution >= 4 is 17.2 Å². The van der Waals surface area contributed by atoms with Crippen molar-refractivity contribution in [3.05, 3.63) is 60.4 Å². The molecule has 0 bridgehead atoms. The lowest BCUT2D eigenvalue weighted by Crippen LogP contribution is -2.08. The molecule has 1 aromatic carbocycles. The minimum absolute atomic E-state index is 0.583. The first kappa shape index (κ1) is 13.4. The van der Waals surface area contributed by atoms with E-state index in [9.17, 15) is 0 Å². The van der Waals surface area contributed by atoms with Gasteiger partial charge >= 0.3 is 0 Å². The van der Waals surface area contributed by atoms with Crippen LogP contribution in [0, 0.1) is 0 Å². The van der Waals surface area contributed by atoms with Gasteiger partial charge in [-0.3, -0.25) is 4.40 Å². The summed E-state index contributed by atoms with van der Waals surface area (Å²) in [6.07, 6.45) is 8.62. The molecule has 1 fully saturated rings. The van der Waals surface area contributed by atoms with Gasteiger partial charge < -0.3 is 5.32 Å². The summed E-state index contributed by atoms with van der Waals surface area (Å²) < 4.78 is 2.18. The van der Waals surface area contributed by atoms with Crippen LogP contribution in [-0.2, 0) is 0 Å². The lowest BCUT2D eigenvalue weighted by molar-refractivity contribution is 0.439. The van der Waals surface area contributed by atoms with Gasteiger partial charge in [-0.05, 0) is 37.1 Å². The Morgan fingerprint density at radius 1 is 0.909 bits per heavy atom. The largest absolute Gasteiger partial charge is 0.340 e. The van der Waals surface area contributed by atoms with Crippen molar-refractivity contribution in [1.29, 1.82) is 0 Å². The first-order valence-electron chi connectivity index (χ1n) is 8.21. The summed E-state index contributed by atoms with van der Waals surface area (Å²) in [7, 11) is 0. The lowest BCUT2D eigenvalue weighted by Gasteiger charge is -2.21. The minimum Gasteiger partial charge on any atom is -0.340 e. The fraction of sp³-hybridized carbons (Fsp3) is 0.316. The van der Waals surface area contributed by atoms with Gasteiger partial charge in [0.2, 0.25) is 0 Å². The molecular formula is C19H21N3. The molecule has 3 nitrogen and oxygen atoms in total. The van der Waals surface area contributed by atoms with E-state index in [-0.39, 0.29) is 0 Å². The van der Waals surface area contributed by atoms with Crippen LogP contribution in [0.2, 0.25) is 0 Å². The van der Waals surface area contributed by atoms with E-state index in [1.807, 2.05) is 6.07 Å². The van der Waals surface area contributed by atoms with Crippen molar-refractivity contribution in [2.24, 2.45) is 0 Å². The van der Waals surface area contributed by atoms with Crippen LogP contribution in [0.25, 0.3) is 5.65 Å². The van der Waals surface area contributed by atoms with Crippen LogP contribution in [0.1, 0.15) is 43.7 Å². The number of nitrogens with one attached hydrogen (secondary N) is 1. The molecule has 0 atom stereocenters. The topological polar surface area (TPSA) is 29.3 Å². The van der Waals surface area contributed by atoms with Crippen LogP contribution in [0.5, 0.6) is 0 Å². The first-order valence-corrected chi connectivity index (χ1v) is 8.21. The molecule has 1 saturated carbocycles. The number of anilines is 2. The number of hydrogen-bond donors (Lipinski definition) is 1. The van der Waals surface area contributed by atoms with Gasteiger partial charge in [-0.15, -0.1) is 0 Å². The molecule has 0 radical (unpaired) electrons. The van der Waals surface area contributed by atoms with Gasteiger partial charge in [0.05, 0.1) is 5.69 Å². The summed E-state index contributed by atoms with van der Waals surface area (Å²) in [5.41, 5.74) is 3.38. The number of hydrogen-bond acceptors (Lipinski definition) is 2. The van der Waals surface area contributed by atoms with Crippen molar-refractivity contribution in [1.82, 2.24) is 9.38 Å². The smallest absolute Gasteiger partial charge is 0.138 e. The monoisotopic (exact) mass is 291 g/mol. The Bertz CT molecular complexity index is 755. The zero-order valence-corrected chi connectivity index (χ0v) is 12.7. The van der Waals surface area contributed by atoms with Crippen molar-refractivity contribution < 1.29 is 0 Å². The molecule has 4 rings (SSSR count). The van der Waals surface area contributed by atoms with Gasteiger partial charge in [-0.1, -0.05) is 43.5 Å². The van der Waals surface area contributed by atoms with E-state index in [1.54, 1.807) is 0 Å². The maximum Gasteiger partial charge on any atom is 0.138 e. The lowest BCUT2D eigenvalue weighted by atomic mass is 9.87. The molecule has 112 valence electrons. The molecule has 1 N–H and O–H groups in total. The Labute approximate surface area is 131 Å². The Kier molecular flexibility index (Phi) is 3.55. The van der Waals surface area contributed by atoms with E-state index in [4.69, 9.17) is 4.98 Å². The number of para-hydroxylation sites is 1. The minimum atomic E-state index is 0.583. The van der Waals surface area contributed by atoms with Gasteiger partial charge in [-0.25, -0.2) is 4.98 Å². The number of benzene rings is 1. The molecule has 22 heavy (non-hydrogen) atoms. The second-order valence-corrected chi connectivity index (χ2v) is 6.10. The van der Waals surface area contributed by atoms with Crippen LogP contribution in [0.15, 0.2) is 54.7 Å². The number of pyridine rings is 1. The second kappa shape index (κ2) is 5.84. The predicted molar refractivity (Wildman–Crippen MR) is 90.7 cm³/mol. The standard InChI is InChI=1S/C19H21N3/c1-3-9-15(10-4-1)18-19(20-16-11-5-2-6-12-16)22-14-8-7-13-17(22)21-18/h2,5-8,11-15,20H,1,3-4,9-10H2. The van der Waals surface area contributed by atoms with E-state index in [2.05, 4.69) is 58.4 Å². The van der Waals surface area contributed by atoms with E-state index in [0.29, 0.717) is 5.92 Å². The second-order valence-electron chi connectivity index (χ2n) is 6.10. The van der Waals surface area contributed by atoms with Crippen LogP contribution >= 0.6 is 0 Å². The molecule has 0 amide bonds. The third kappa shape index (κ3) is 2.47. The van der Waals surface area contributed by atoms with Gasteiger partial charge in [0.15, 0.2) is 0 Å². The van der Waals surface area contributed by atoms with Crippen LogP contribution in [-0.4, -0.2) is 9.38 Å². The van der Waals surface area contributed by atoms with Crippen LogP contribution in [0.3, 0.4) is 0 Å². The Morgan fingerprint density at radius 2 is 1.68 bits per heavy atom. The van der Waals surface area contributed by atoms with Crippen molar-refractivity contribution in [3.63, 3.8) is 0 Å². The fourth-order valence-electron chi connectivity index (χ4n) is 3.46. The third-order valence-electron chi connectivity index (χ3n) is 4.59.